The zero-order valence-electron chi connectivity index (χ0n) is 12.7. The second kappa shape index (κ2) is 5.51. The van der Waals surface area contributed by atoms with Gasteiger partial charge in [0.05, 0.1) is 0 Å². The maximum absolute atomic E-state index is 14.0. The van der Waals surface area contributed by atoms with Gasteiger partial charge in [0, 0.05) is 0 Å². The van der Waals surface area contributed by atoms with Gasteiger partial charge in [-0.1, -0.05) is 6.57 Å². The summed E-state index contributed by atoms with van der Waals surface area (Å²) in [6.45, 7) is 6.94. The summed E-state index contributed by atoms with van der Waals surface area (Å²) >= 11 is 0. The van der Waals surface area contributed by atoms with E-state index in [9.17, 15) is 13.2 Å². The predicted octanol–water partition coefficient (Wildman–Crippen LogP) is 2.23. The highest BCUT2D eigenvalue weighted by molar-refractivity contribution is 6.18. The molecule has 3 heterocycles. The molecule has 0 unspecified atom stereocenters. The van der Waals surface area contributed by atoms with Crippen LogP contribution in [0.25, 0.3) is 37.9 Å². The van der Waals surface area contributed by atoms with Crippen molar-refractivity contribution < 1.29 is 13.2 Å². The first-order chi connectivity index (χ1) is 13.0. The Morgan fingerprint density at radius 1 is 0.630 bits per heavy atom. The van der Waals surface area contributed by atoms with Gasteiger partial charge in [-0.3, -0.25) is 0 Å². The fraction of sp³-hybridized carbons (Fsp3) is 0. The summed E-state index contributed by atoms with van der Waals surface area (Å²) in [5, 5.41) is 17.9. The standard InChI is InChI=1S/C15F3N9/c1-21-15-14(18)26-10-7-8(24-12(16)4(2-19)23-7)6-9(11(10)27-15)25-13(17)5(3-20)22-6. The first kappa shape index (κ1) is 16.0. The minimum atomic E-state index is -1.25. The number of rotatable bonds is 0. The third kappa shape index (κ3) is 2.16. The lowest BCUT2D eigenvalue weighted by atomic mass is 10.2. The van der Waals surface area contributed by atoms with Crippen LogP contribution in [0.2, 0.25) is 0 Å². The van der Waals surface area contributed by atoms with Crippen LogP contribution in [-0.4, -0.2) is 29.9 Å². The molecule has 0 fully saturated rings. The molecule has 4 aromatic rings. The van der Waals surface area contributed by atoms with E-state index in [2.05, 4.69) is 34.7 Å². The monoisotopic (exact) mass is 363 g/mol. The smallest absolute Gasteiger partial charge is 0.325 e. The second-order valence-electron chi connectivity index (χ2n) is 4.99. The van der Waals surface area contributed by atoms with E-state index in [1.54, 1.807) is 0 Å². The minimum absolute atomic E-state index is 0.259. The van der Waals surface area contributed by atoms with Crippen molar-refractivity contribution in [3.05, 3.63) is 40.6 Å². The van der Waals surface area contributed by atoms with Crippen molar-refractivity contribution in [2.75, 3.05) is 0 Å². The van der Waals surface area contributed by atoms with E-state index in [1.807, 2.05) is 0 Å². The maximum Gasteiger partial charge on any atom is 0.325 e. The van der Waals surface area contributed by atoms with E-state index < -0.39 is 35.0 Å². The molecule has 0 N–H and O–H groups in total. The van der Waals surface area contributed by atoms with Gasteiger partial charge in [0.25, 0.3) is 0 Å². The Morgan fingerprint density at radius 2 is 1.00 bits per heavy atom. The van der Waals surface area contributed by atoms with Crippen LogP contribution in [0.1, 0.15) is 11.4 Å². The Bertz CT molecular complexity index is 1240. The normalized spacial score (nSPS) is 10.7. The van der Waals surface area contributed by atoms with Crippen molar-refractivity contribution in [1.29, 1.82) is 10.5 Å². The fourth-order valence-electron chi connectivity index (χ4n) is 2.44. The molecule has 4 rings (SSSR count). The van der Waals surface area contributed by atoms with Crippen molar-refractivity contribution in [2.45, 2.75) is 0 Å². The third-order valence-electron chi connectivity index (χ3n) is 3.53. The summed E-state index contributed by atoms with van der Waals surface area (Å²) in [7, 11) is 0. The van der Waals surface area contributed by atoms with Gasteiger partial charge in [0.2, 0.25) is 23.4 Å². The lowest BCUT2D eigenvalue weighted by Gasteiger charge is -2.06. The van der Waals surface area contributed by atoms with E-state index in [0.717, 1.165) is 0 Å². The first-order valence-corrected chi connectivity index (χ1v) is 6.89. The molecule has 3 aromatic heterocycles. The Hall–Kier alpha value is -4.50. The van der Waals surface area contributed by atoms with Crippen LogP contribution in [0.4, 0.5) is 19.0 Å². The van der Waals surface area contributed by atoms with E-state index in [1.165, 1.54) is 12.1 Å². The van der Waals surface area contributed by atoms with Crippen LogP contribution in [0.15, 0.2) is 0 Å². The van der Waals surface area contributed by atoms with Gasteiger partial charge in [0.15, 0.2) is 11.4 Å². The fourth-order valence-corrected chi connectivity index (χ4v) is 2.44. The zero-order valence-corrected chi connectivity index (χ0v) is 12.7. The van der Waals surface area contributed by atoms with Gasteiger partial charge < -0.3 is 4.85 Å². The van der Waals surface area contributed by atoms with E-state index in [0.29, 0.717) is 0 Å². The molecule has 0 aliphatic carbocycles. The molecule has 0 saturated carbocycles. The van der Waals surface area contributed by atoms with Crippen LogP contribution in [-0.2, 0) is 0 Å². The van der Waals surface area contributed by atoms with Crippen molar-refractivity contribution in [3.8, 4) is 12.1 Å². The second-order valence-corrected chi connectivity index (χ2v) is 4.99. The lowest BCUT2D eigenvalue weighted by Crippen LogP contribution is -2.04. The van der Waals surface area contributed by atoms with Crippen LogP contribution in [0, 0.1) is 47.1 Å². The highest BCUT2D eigenvalue weighted by Gasteiger charge is 2.24. The van der Waals surface area contributed by atoms with Crippen molar-refractivity contribution in [2.24, 2.45) is 0 Å². The summed E-state index contributed by atoms with van der Waals surface area (Å²) in [6.07, 6.45) is 0. The average molecular weight is 363 g/mol. The van der Waals surface area contributed by atoms with Crippen molar-refractivity contribution in [1.82, 2.24) is 29.9 Å². The molecule has 0 spiro atoms. The molecule has 0 saturated heterocycles. The summed E-state index contributed by atoms with van der Waals surface area (Å²) in [5.74, 6) is -4.46. The molecule has 0 bridgehead atoms. The van der Waals surface area contributed by atoms with Crippen molar-refractivity contribution in [3.63, 3.8) is 0 Å². The van der Waals surface area contributed by atoms with Gasteiger partial charge in [-0.2, -0.15) is 23.7 Å². The predicted molar refractivity (Wildman–Crippen MR) is 81.3 cm³/mol. The number of aromatic nitrogens is 6. The Kier molecular flexibility index (Phi) is 3.26. The van der Waals surface area contributed by atoms with Gasteiger partial charge in [-0.25, -0.2) is 24.9 Å². The number of hydrogen-bond donors (Lipinski definition) is 0. The van der Waals surface area contributed by atoms with E-state index >= 15 is 0 Å². The molecule has 1 aromatic carbocycles. The molecule has 126 valence electrons. The number of nitriles is 2. The summed E-state index contributed by atoms with van der Waals surface area (Å²) < 4.78 is 41.9. The molecule has 27 heavy (non-hydrogen) atoms. The van der Waals surface area contributed by atoms with Gasteiger partial charge >= 0.3 is 5.82 Å². The molecule has 0 atom stereocenters. The zero-order chi connectivity index (χ0) is 19.3. The third-order valence-corrected chi connectivity index (χ3v) is 3.53. The maximum atomic E-state index is 14.0. The van der Waals surface area contributed by atoms with Gasteiger partial charge in [-0.15, -0.1) is 4.98 Å². The highest BCUT2D eigenvalue weighted by atomic mass is 19.1. The van der Waals surface area contributed by atoms with E-state index in [4.69, 9.17) is 17.1 Å². The molecule has 9 nitrogen and oxygen atoms in total. The Labute approximate surface area is 146 Å². The highest BCUT2D eigenvalue weighted by Crippen LogP contribution is 2.31. The molecule has 0 radical (unpaired) electrons. The van der Waals surface area contributed by atoms with Crippen LogP contribution in [0.3, 0.4) is 0 Å². The number of hydrogen-bond acceptors (Lipinski definition) is 8. The van der Waals surface area contributed by atoms with Crippen LogP contribution in [0.5, 0.6) is 0 Å². The summed E-state index contributed by atoms with van der Waals surface area (Å²) in [4.78, 5) is 24.8. The van der Waals surface area contributed by atoms with E-state index in [-0.39, 0.29) is 33.1 Å². The molecular weight excluding hydrogens is 363 g/mol. The first-order valence-electron chi connectivity index (χ1n) is 6.89. The van der Waals surface area contributed by atoms with Crippen LogP contribution < -0.4 is 0 Å². The lowest BCUT2D eigenvalue weighted by molar-refractivity contribution is 0.576. The molecule has 0 amide bonds. The summed E-state index contributed by atoms with van der Waals surface area (Å²) in [5.41, 5.74) is -3.13. The van der Waals surface area contributed by atoms with Gasteiger partial charge in [-0.05, 0) is 0 Å². The quantitative estimate of drug-likeness (QED) is 0.343. The van der Waals surface area contributed by atoms with Crippen molar-refractivity contribution >= 4 is 38.9 Å². The number of nitrogens with zero attached hydrogens (tertiary/aromatic N) is 9. The molecule has 12 heteroatoms. The number of fused-ring (bicyclic) bond motifs is 6. The molecular formula is C15F3N9. The topological polar surface area (TPSA) is 129 Å². The largest absolute Gasteiger partial charge is 0.357 e. The Balaban J connectivity index is 2.39. The Morgan fingerprint density at radius 3 is 1.41 bits per heavy atom. The van der Waals surface area contributed by atoms with Crippen LogP contribution >= 0.6 is 0 Å². The molecule has 0 aliphatic heterocycles. The summed E-state index contributed by atoms with van der Waals surface area (Å²) in [6, 6.07) is 2.96. The SMILES string of the molecule is [C-]#[N+]c1nc2c3nc(F)c(C#N)nc3c3nc(F)c(C#N)nc3c2nc1F. The average Bonchev–Trinajstić information content (AvgIpc) is 2.67. The molecule has 0 aliphatic rings. The van der Waals surface area contributed by atoms with Gasteiger partial charge in [0.1, 0.15) is 39.7 Å². The number of halogens is 3. The minimum Gasteiger partial charge on any atom is -0.357 e. The number of benzene rings is 1.